The Morgan fingerprint density at radius 1 is 1.14 bits per heavy atom. The zero-order chi connectivity index (χ0) is 15.4. The van der Waals surface area contributed by atoms with Gasteiger partial charge in [-0.05, 0) is 25.6 Å². The number of nitro groups is 1. The van der Waals surface area contributed by atoms with Crippen molar-refractivity contribution in [2.24, 2.45) is 0 Å². The quantitative estimate of drug-likeness (QED) is 0.679. The van der Waals surface area contributed by atoms with E-state index in [9.17, 15) is 18.9 Å². The normalized spacial score (nSPS) is 12.1. The summed E-state index contributed by atoms with van der Waals surface area (Å²) in [5.74, 6) is -1.35. The molecular formula is C15H14F2N2O2. The van der Waals surface area contributed by atoms with E-state index in [-0.39, 0.29) is 17.7 Å². The van der Waals surface area contributed by atoms with Gasteiger partial charge in [0.15, 0.2) is 0 Å². The third-order valence-corrected chi connectivity index (χ3v) is 3.31. The van der Waals surface area contributed by atoms with Crippen molar-refractivity contribution < 1.29 is 13.7 Å². The number of para-hydroxylation sites is 1. The maximum absolute atomic E-state index is 13.8. The lowest BCUT2D eigenvalue weighted by Gasteiger charge is -2.18. The topological polar surface area (TPSA) is 55.2 Å². The predicted octanol–water partition coefficient (Wildman–Crippen LogP) is 3.38. The Morgan fingerprint density at radius 3 is 2.33 bits per heavy atom. The molecule has 4 nitrogen and oxygen atoms in total. The second-order valence-electron chi connectivity index (χ2n) is 4.57. The second-order valence-corrected chi connectivity index (χ2v) is 4.57. The predicted molar refractivity (Wildman–Crippen MR) is 75.0 cm³/mol. The number of nitro benzene ring substituents is 1. The maximum atomic E-state index is 13.8. The van der Waals surface area contributed by atoms with Crippen LogP contribution in [0.15, 0.2) is 42.5 Å². The van der Waals surface area contributed by atoms with E-state index in [0.717, 1.165) is 0 Å². The summed E-state index contributed by atoms with van der Waals surface area (Å²) in [6.07, 6.45) is 0.117. The van der Waals surface area contributed by atoms with Crippen LogP contribution >= 0.6 is 0 Å². The van der Waals surface area contributed by atoms with Crippen molar-refractivity contribution >= 4 is 5.69 Å². The van der Waals surface area contributed by atoms with Crippen molar-refractivity contribution in [2.45, 2.75) is 12.5 Å². The van der Waals surface area contributed by atoms with Crippen molar-refractivity contribution in [2.75, 3.05) is 7.05 Å². The van der Waals surface area contributed by atoms with Gasteiger partial charge >= 0.3 is 0 Å². The number of nitrogens with one attached hydrogen (secondary N) is 1. The first-order valence-electron chi connectivity index (χ1n) is 6.38. The van der Waals surface area contributed by atoms with Crippen LogP contribution in [0.4, 0.5) is 14.5 Å². The van der Waals surface area contributed by atoms with E-state index in [1.54, 1.807) is 25.2 Å². The Bertz CT molecular complexity index is 642. The van der Waals surface area contributed by atoms with Gasteiger partial charge in [-0.25, -0.2) is 8.78 Å². The van der Waals surface area contributed by atoms with Crippen LogP contribution in [0, 0.1) is 21.7 Å². The van der Waals surface area contributed by atoms with Gasteiger partial charge in [0.05, 0.1) is 4.92 Å². The van der Waals surface area contributed by atoms with Crippen LogP contribution < -0.4 is 5.32 Å². The minimum atomic E-state index is -0.688. The summed E-state index contributed by atoms with van der Waals surface area (Å²) in [4.78, 5) is 10.5. The van der Waals surface area contributed by atoms with Crippen molar-refractivity contribution in [3.8, 4) is 0 Å². The van der Waals surface area contributed by atoms with Crippen LogP contribution in [0.3, 0.4) is 0 Å². The minimum Gasteiger partial charge on any atom is -0.313 e. The van der Waals surface area contributed by atoms with E-state index >= 15 is 0 Å². The van der Waals surface area contributed by atoms with Gasteiger partial charge in [0, 0.05) is 23.2 Å². The molecule has 2 aromatic rings. The van der Waals surface area contributed by atoms with Gasteiger partial charge in [-0.1, -0.05) is 24.3 Å². The molecule has 0 spiro atoms. The molecule has 0 aliphatic rings. The number of hydrogen-bond donors (Lipinski definition) is 1. The Kier molecular flexibility index (Phi) is 4.59. The third-order valence-electron chi connectivity index (χ3n) is 3.31. The lowest BCUT2D eigenvalue weighted by atomic mass is 9.97. The lowest BCUT2D eigenvalue weighted by molar-refractivity contribution is -0.385. The van der Waals surface area contributed by atoms with Crippen molar-refractivity contribution in [1.82, 2.24) is 5.32 Å². The van der Waals surface area contributed by atoms with E-state index in [1.807, 2.05) is 0 Å². The number of benzene rings is 2. The summed E-state index contributed by atoms with van der Waals surface area (Å²) in [6.45, 7) is 0. The molecule has 2 aromatic carbocycles. The highest BCUT2D eigenvalue weighted by molar-refractivity contribution is 5.41. The Hall–Kier alpha value is -2.34. The van der Waals surface area contributed by atoms with Crippen LogP contribution in [0.1, 0.15) is 17.2 Å². The molecule has 110 valence electrons. The third kappa shape index (κ3) is 3.22. The summed E-state index contributed by atoms with van der Waals surface area (Å²) >= 11 is 0. The molecule has 0 heterocycles. The smallest absolute Gasteiger partial charge is 0.272 e. The number of halogens is 2. The van der Waals surface area contributed by atoms with Gasteiger partial charge in [0.1, 0.15) is 11.6 Å². The number of rotatable bonds is 5. The summed E-state index contributed by atoms with van der Waals surface area (Å²) < 4.78 is 27.7. The summed E-state index contributed by atoms with van der Waals surface area (Å²) in [7, 11) is 1.56. The fraction of sp³-hybridized carbons (Fsp3) is 0.200. The minimum absolute atomic E-state index is 0.0607. The fourth-order valence-corrected chi connectivity index (χ4v) is 2.27. The van der Waals surface area contributed by atoms with E-state index in [1.165, 1.54) is 24.3 Å². The van der Waals surface area contributed by atoms with E-state index in [2.05, 4.69) is 5.32 Å². The standard InChI is InChI=1S/C15H14F2N2O2/c1-18-13(15-11(16)6-4-7-12(15)17)9-10-5-2-3-8-14(10)19(20)21/h2-8,13,18H,9H2,1H3. The number of nitrogens with zero attached hydrogens (tertiary/aromatic N) is 1. The number of likely N-dealkylation sites (N-methyl/N-ethyl adjacent to an activating group) is 1. The molecule has 6 heteroatoms. The first kappa shape index (κ1) is 15.1. The molecular weight excluding hydrogens is 278 g/mol. The highest BCUT2D eigenvalue weighted by Gasteiger charge is 2.22. The molecule has 2 rings (SSSR count). The fourth-order valence-electron chi connectivity index (χ4n) is 2.27. The molecule has 1 atom stereocenters. The first-order chi connectivity index (χ1) is 10.0. The second kappa shape index (κ2) is 6.41. The summed E-state index contributed by atoms with van der Waals surface area (Å²) in [6, 6.07) is 9.11. The highest BCUT2D eigenvalue weighted by atomic mass is 19.1. The molecule has 0 saturated carbocycles. The van der Waals surface area contributed by atoms with Crippen molar-refractivity contribution in [3.63, 3.8) is 0 Å². The molecule has 0 fully saturated rings. The monoisotopic (exact) mass is 292 g/mol. The van der Waals surface area contributed by atoms with Crippen LogP contribution in [-0.4, -0.2) is 12.0 Å². The van der Waals surface area contributed by atoms with Gasteiger partial charge < -0.3 is 5.32 Å². The van der Waals surface area contributed by atoms with E-state index in [4.69, 9.17) is 0 Å². The molecule has 0 aliphatic heterocycles. The molecule has 1 N–H and O–H groups in total. The average molecular weight is 292 g/mol. The van der Waals surface area contributed by atoms with E-state index in [0.29, 0.717) is 5.56 Å². The Balaban J connectivity index is 2.39. The van der Waals surface area contributed by atoms with Crippen LogP contribution in [0.2, 0.25) is 0 Å². The molecule has 0 aliphatic carbocycles. The summed E-state index contributed by atoms with van der Waals surface area (Å²) in [5.41, 5.74) is 0.247. The van der Waals surface area contributed by atoms with Crippen LogP contribution in [0.5, 0.6) is 0 Å². The Morgan fingerprint density at radius 2 is 1.76 bits per heavy atom. The molecule has 0 bridgehead atoms. The zero-order valence-corrected chi connectivity index (χ0v) is 11.3. The maximum Gasteiger partial charge on any atom is 0.272 e. The van der Waals surface area contributed by atoms with Gasteiger partial charge in [0.2, 0.25) is 0 Å². The molecule has 0 amide bonds. The van der Waals surface area contributed by atoms with E-state index < -0.39 is 22.6 Å². The summed E-state index contributed by atoms with van der Waals surface area (Å²) in [5, 5.41) is 13.8. The molecule has 1 unspecified atom stereocenters. The lowest BCUT2D eigenvalue weighted by Crippen LogP contribution is -2.22. The zero-order valence-electron chi connectivity index (χ0n) is 11.3. The average Bonchev–Trinajstić information content (AvgIpc) is 2.46. The molecule has 0 saturated heterocycles. The van der Waals surface area contributed by atoms with Gasteiger partial charge in [-0.15, -0.1) is 0 Å². The highest BCUT2D eigenvalue weighted by Crippen LogP contribution is 2.27. The van der Waals surface area contributed by atoms with Crippen LogP contribution in [0.25, 0.3) is 0 Å². The van der Waals surface area contributed by atoms with Gasteiger partial charge in [-0.3, -0.25) is 10.1 Å². The molecule has 0 aromatic heterocycles. The Labute approximate surface area is 120 Å². The first-order valence-corrected chi connectivity index (χ1v) is 6.38. The largest absolute Gasteiger partial charge is 0.313 e. The van der Waals surface area contributed by atoms with Gasteiger partial charge in [-0.2, -0.15) is 0 Å². The van der Waals surface area contributed by atoms with Crippen molar-refractivity contribution in [3.05, 3.63) is 75.3 Å². The van der Waals surface area contributed by atoms with Gasteiger partial charge in [0.25, 0.3) is 5.69 Å². The SMILES string of the molecule is CNC(Cc1ccccc1[N+](=O)[O-])c1c(F)cccc1F. The molecule has 21 heavy (non-hydrogen) atoms. The molecule has 0 radical (unpaired) electrons. The van der Waals surface area contributed by atoms with Crippen LogP contribution in [-0.2, 0) is 6.42 Å². The number of hydrogen-bond acceptors (Lipinski definition) is 3. The van der Waals surface area contributed by atoms with Crippen molar-refractivity contribution in [1.29, 1.82) is 0 Å².